The maximum absolute atomic E-state index is 11.9. The highest BCUT2D eigenvalue weighted by Gasteiger charge is 2.30. The monoisotopic (exact) mass is 451 g/mol. The molecular weight excluding hydrogens is 416 g/mol. The standard InChI is InChI=1S/C31H34N2O/c1-8-27(26-12-10-9-11-13-26)30(34)31-32(28-22(4)16-20(2)17-23(28)5)14-15-33(31)29-24(6)18-21(3)19-25(29)7/h9-19H,8H2,1-7H3/p+1/b30-27-. The maximum Gasteiger partial charge on any atom is 0.335 e. The number of aliphatic hydroxyl groups excluding tert-OH is 1. The Labute approximate surface area is 203 Å². The van der Waals surface area contributed by atoms with E-state index in [0.717, 1.165) is 34.8 Å². The van der Waals surface area contributed by atoms with Crippen LogP contribution in [0, 0.1) is 41.5 Å². The van der Waals surface area contributed by atoms with Gasteiger partial charge in [0, 0.05) is 5.57 Å². The van der Waals surface area contributed by atoms with Crippen molar-refractivity contribution in [3.8, 4) is 11.4 Å². The van der Waals surface area contributed by atoms with Gasteiger partial charge >= 0.3 is 5.82 Å². The van der Waals surface area contributed by atoms with Crippen LogP contribution in [0.4, 0.5) is 0 Å². The fraction of sp³-hybridized carbons (Fsp3) is 0.258. The highest BCUT2D eigenvalue weighted by molar-refractivity contribution is 5.85. The number of aryl methyl sites for hydroxylation is 6. The van der Waals surface area contributed by atoms with E-state index in [4.69, 9.17) is 0 Å². The van der Waals surface area contributed by atoms with Gasteiger partial charge in [-0.3, -0.25) is 0 Å². The first-order valence-corrected chi connectivity index (χ1v) is 12.0. The van der Waals surface area contributed by atoms with Crippen molar-refractivity contribution in [1.82, 2.24) is 4.57 Å². The van der Waals surface area contributed by atoms with Gasteiger partial charge in [-0.1, -0.05) is 72.6 Å². The van der Waals surface area contributed by atoms with Crippen molar-refractivity contribution in [3.05, 3.63) is 112 Å². The van der Waals surface area contributed by atoms with Crippen molar-refractivity contribution in [3.63, 3.8) is 0 Å². The number of nitrogens with zero attached hydrogens (tertiary/aromatic N) is 2. The van der Waals surface area contributed by atoms with E-state index in [2.05, 4.69) is 106 Å². The van der Waals surface area contributed by atoms with Gasteiger partial charge in [-0.15, -0.1) is 0 Å². The first-order valence-electron chi connectivity index (χ1n) is 12.0. The zero-order valence-corrected chi connectivity index (χ0v) is 21.4. The molecule has 0 aliphatic carbocycles. The van der Waals surface area contributed by atoms with Crippen LogP contribution >= 0.6 is 0 Å². The molecule has 0 spiro atoms. The Morgan fingerprint density at radius 1 is 0.794 bits per heavy atom. The topological polar surface area (TPSA) is 29.0 Å². The highest BCUT2D eigenvalue weighted by Crippen LogP contribution is 2.31. The van der Waals surface area contributed by atoms with Gasteiger partial charge in [0.1, 0.15) is 23.8 Å². The summed E-state index contributed by atoms with van der Waals surface area (Å²) in [6.45, 7) is 14.9. The summed E-state index contributed by atoms with van der Waals surface area (Å²) in [6, 6.07) is 19.0. The van der Waals surface area contributed by atoms with Crippen LogP contribution in [0.3, 0.4) is 0 Å². The van der Waals surface area contributed by atoms with Crippen LogP contribution in [0.15, 0.2) is 67.0 Å². The van der Waals surface area contributed by atoms with Crippen LogP contribution in [0.2, 0.25) is 0 Å². The van der Waals surface area contributed by atoms with Crippen molar-refractivity contribution >= 4 is 11.3 Å². The largest absolute Gasteiger partial charge is 0.501 e. The smallest absolute Gasteiger partial charge is 0.335 e. The van der Waals surface area contributed by atoms with Crippen LogP contribution in [-0.2, 0) is 0 Å². The molecule has 174 valence electrons. The summed E-state index contributed by atoms with van der Waals surface area (Å²) in [5, 5.41) is 11.9. The number of allylic oxidation sites excluding steroid dienone is 1. The quantitative estimate of drug-likeness (QED) is 0.248. The second-order valence-electron chi connectivity index (χ2n) is 9.40. The summed E-state index contributed by atoms with van der Waals surface area (Å²) in [5.41, 5.74) is 11.4. The molecule has 0 aliphatic rings. The Morgan fingerprint density at radius 2 is 1.32 bits per heavy atom. The molecule has 0 unspecified atom stereocenters. The molecule has 1 aromatic heterocycles. The van der Waals surface area contributed by atoms with Crippen LogP contribution in [0.5, 0.6) is 0 Å². The van der Waals surface area contributed by atoms with Gasteiger partial charge in [-0.05, 0) is 75.8 Å². The average Bonchev–Trinajstić information content (AvgIpc) is 3.17. The van der Waals surface area contributed by atoms with Gasteiger partial charge in [0.15, 0.2) is 0 Å². The fourth-order valence-electron chi connectivity index (χ4n) is 5.37. The third-order valence-corrected chi connectivity index (χ3v) is 6.55. The van der Waals surface area contributed by atoms with E-state index in [9.17, 15) is 5.11 Å². The first-order chi connectivity index (χ1) is 16.2. The van der Waals surface area contributed by atoms with E-state index in [1.165, 1.54) is 33.4 Å². The Kier molecular flexibility index (Phi) is 6.47. The summed E-state index contributed by atoms with van der Waals surface area (Å²) in [6.07, 6.45) is 4.87. The third-order valence-electron chi connectivity index (χ3n) is 6.55. The molecule has 0 aliphatic heterocycles. The number of benzene rings is 3. The molecule has 34 heavy (non-hydrogen) atoms. The predicted molar refractivity (Wildman–Crippen MR) is 142 cm³/mol. The first kappa shape index (κ1) is 23.6. The Hall–Kier alpha value is -3.59. The second-order valence-corrected chi connectivity index (χ2v) is 9.40. The summed E-state index contributed by atoms with van der Waals surface area (Å²) in [7, 11) is 0. The van der Waals surface area contributed by atoms with E-state index in [0.29, 0.717) is 5.76 Å². The lowest BCUT2D eigenvalue weighted by molar-refractivity contribution is -0.599. The van der Waals surface area contributed by atoms with Crippen LogP contribution in [0.1, 0.15) is 58.1 Å². The predicted octanol–water partition coefficient (Wildman–Crippen LogP) is 7.44. The van der Waals surface area contributed by atoms with Gasteiger partial charge in [0.2, 0.25) is 5.76 Å². The molecule has 3 nitrogen and oxygen atoms in total. The number of hydrogen-bond acceptors (Lipinski definition) is 1. The van der Waals surface area contributed by atoms with Crippen molar-refractivity contribution in [1.29, 1.82) is 0 Å². The lowest BCUT2D eigenvalue weighted by atomic mass is 10.0. The van der Waals surface area contributed by atoms with E-state index in [1.54, 1.807) is 0 Å². The minimum atomic E-state index is 0.303. The summed E-state index contributed by atoms with van der Waals surface area (Å²) in [5.74, 6) is 1.07. The lowest BCUT2D eigenvalue weighted by Crippen LogP contribution is -2.36. The van der Waals surface area contributed by atoms with E-state index < -0.39 is 0 Å². The molecule has 0 fully saturated rings. The van der Waals surface area contributed by atoms with Gasteiger partial charge < -0.3 is 5.11 Å². The lowest BCUT2D eigenvalue weighted by Gasteiger charge is -2.14. The van der Waals surface area contributed by atoms with E-state index in [-0.39, 0.29) is 0 Å². The number of hydrogen-bond donors (Lipinski definition) is 1. The minimum absolute atomic E-state index is 0.303. The molecule has 0 radical (unpaired) electrons. The zero-order chi connectivity index (χ0) is 24.6. The van der Waals surface area contributed by atoms with Crippen LogP contribution in [0.25, 0.3) is 22.7 Å². The van der Waals surface area contributed by atoms with Gasteiger partial charge in [-0.2, -0.15) is 9.13 Å². The molecule has 3 aromatic carbocycles. The summed E-state index contributed by atoms with van der Waals surface area (Å²) >= 11 is 0. The number of imidazole rings is 1. The average molecular weight is 452 g/mol. The maximum atomic E-state index is 11.9. The molecule has 0 amide bonds. The Morgan fingerprint density at radius 3 is 1.85 bits per heavy atom. The van der Waals surface area contributed by atoms with Gasteiger partial charge in [0.25, 0.3) is 0 Å². The molecule has 1 N–H and O–H groups in total. The molecular formula is C31H35N2O+. The molecule has 0 saturated heterocycles. The SMILES string of the molecule is CC/C(=C(/O)c1n(-c2c(C)cc(C)cc2C)cc[n+]1-c1c(C)cc(C)cc1C)c1ccccc1. The van der Waals surface area contributed by atoms with E-state index in [1.807, 2.05) is 18.2 Å². The van der Waals surface area contributed by atoms with Crippen LogP contribution < -0.4 is 4.57 Å². The normalized spacial score (nSPS) is 12.1. The highest BCUT2D eigenvalue weighted by atomic mass is 16.3. The molecule has 1 heterocycles. The molecule has 0 bridgehead atoms. The summed E-state index contributed by atoms with van der Waals surface area (Å²) < 4.78 is 4.30. The van der Waals surface area contributed by atoms with Crippen LogP contribution in [-0.4, -0.2) is 9.67 Å². The number of rotatable bonds is 5. The number of aliphatic hydroxyl groups is 1. The van der Waals surface area contributed by atoms with Gasteiger partial charge in [0.05, 0.1) is 0 Å². The minimum Gasteiger partial charge on any atom is -0.501 e. The second kappa shape index (κ2) is 9.34. The fourth-order valence-corrected chi connectivity index (χ4v) is 5.37. The molecule has 0 saturated carbocycles. The molecule has 3 heteroatoms. The van der Waals surface area contributed by atoms with Crippen molar-refractivity contribution in [2.45, 2.75) is 54.9 Å². The third kappa shape index (κ3) is 4.19. The molecule has 0 atom stereocenters. The zero-order valence-electron chi connectivity index (χ0n) is 21.4. The molecule has 4 aromatic rings. The van der Waals surface area contributed by atoms with Gasteiger partial charge in [-0.25, -0.2) is 0 Å². The Bertz CT molecular complexity index is 1270. The molecule has 4 rings (SSSR count). The van der Waals surface area contributed by atoms with Crippen molar-refractivity contribution in [2.75, 3.05) is 0 Å². The summed E-state index contributed by atoms with van der Waals surface area (Å²) in [4.78, 5) is 0. The number of aromatic nitrogens is 2. The van der Waals surface area contributed by atoms with Crippen molar-refractivity contribution in [2.24, 2.45) is 0 Å². The van der Waals surface area contributed by atoms with Crippen molar-refractivity contribution < 1.29 is 9.67 Å². The Balaban J connectivity index is 2.10. The van der Waals surface area contributed by atoms with E-state index >= 15 is 0 Å².